The van der Waals surface area contributed by atoms with Crippen molar-refractivity contribution in [3.8, 4) is 0 Å². The lowest BCUT2D eigenvalue weighted by molar-refractivity contribution is 0.359. The highest BCUT2D eigenvalue weighted by Gasteiger charge is 2.16. The molecule has 2 aromatic heterocycles. The Labute approximate surface area is 186 Å². The summed E-state index contributed by atoms with van der Waals surface area (Å²) in [5, 5.41) is 4.81. The Kier molecular flexibility index (Phi) is 5.91. The van der Waals surface area contributed by atoms with Crippen LogP contribution in [0.25, 0.3) is 10.9 Å². The second-order valence-electron chi connectivity index (χ2n) is 7.88. The molecule has 6 heteroatoms. The molecule has 0 saturated carbocycles. The fourth-order valence-corrected chi connectivity index (χ4v) is 3.72. The molecule has 4 aromatic rings. The molecule has 0 aliphatic heterocycles. The summed E-state index contributed by atoms with van der Waals surface area (Å²) in [6, 6.07) is 17.8. The number of nitrogens with zero attached hydrogens (tertiary/aromatic N) is 1. The number of aromatic nitrogens is 1. The van der Waals surface area contributed by atoms with Crippen LogP contribution in [-0.4, -0.2) is 15.0 Å². The third kappa shape index (κ3) is 4.86. The van der Waals surface area contributed by atoms with Crippen molar-refractivity contribution in [1.29, 1.82) is 0 Å². The minimum Gasteiger partial charge on any atom is -0.467 e. The van der Waals surface area contributed by atoms with E-state index in [1.807, 2.05) is 67.3 Å². The Morgan fingerprint density at radius 1 is 1.03 bits per heavy atom. The molecule has 2 N–H and O–H groups in total. The molecule has 4 rings (SSSR count). The highest BCUT2D eigenvalue weighted by molar-refractivity contribution is 7.80. The first-order chi connectivity index (χ1) is 14.9. The van der Waals surface area contributed by atoms with Crippen LogP contribution in [0.5, 0.6) is 0 Å². The van der Waals surface area contributed by atoms with E-state index in [1.165, 1.54) is 11.1 Å². The molecule has 0 saturated heterocycles. The largest absolute Gasteiger partial charge is 0.467 e. The van der Waals surface area contributed by atoms with Gasteiger partial charge in [0, 0.05) is 16.8 Å². The Morgan fingerprint density at radius 2 is 1.77 bits per heavy atom. The van der Waals surface area contributed by atoms with Crippen molar-refractivity contribution in [3.63, 3.8) is 0 Å². The molecule has 0 spiro atoms. The van der Waals surface area contributed by atoms with E-state index in [4.69, 9.17) is 16.6 Å². The van der Waals surface area contributed by atoms with E-state index in [1.54, 1.807) is 6.26 Å². The van der Waals surface area contributed by atoms with Gasteiger partial charge in [-0.3, -0.25) is 4.79 Å². The van der Waals surface area contributed by atoms with Crippen LogP contribution in [-0.2, 0) is 13.1 Å². The first kappa shape index (κ1) is 20.9. The minimum atomic E-state index is -0.113. The molecule has 5 nitrogen and oxygen atoms in total. The van der Waals surface area contributed by atoms with Crippen LogP contribution < -0.4 is 10.9 Å². The normalized spacial score (nSPS) is 10.9. The first-order valence-corrected chi connectivity index (χ1v) is 10.6. The highest BCUT2D eigenvalue weighted by Crippen LogP contribution is 2.19. The average molecular weight is 432 g/mol. The summed E-state index contributed by atoms with van der Waals surface area (Å²) in [4.78, 5) is 17.8. The second kappa shape index (κ2) is 8.78. The number of fused-ring (bicyclic) bond motifs is 1. The van der Waals surface area contributed by atoms with Gasteiger partial charge in [-0.1, -0.05) is 17.7 Å². The molecule has 2 heterocycles. The average Bonchev–Trinajstić information content (AvgIpc) is 3.24. The van der Waals surface area contributed by atoms with Crippen molar-refractivity contribution in [2.45, 2.75) is 33.9 Å². The number of rotatable bonds is 5. The monoisotopic (exact) mass is 431 g/mol. The van der Waals surface area contributed by atoms with Crippen molar-refractivity contribution in [2.75, 3.05) is 5.32 Å². The number of hydrogen-bond donors (Lipinski definition) is 2. The molecule has 0 aliphatic carbocycles. The molecular weight excluding hydrogens is 406 g/mol. The van der Waals surface area contributed by atoms with Crippen LogP contribution in [0.1, 0.15) is 28.0 Å². The highest BCUT2D eigenvalue weighted by atomic mass is 32.1. The summed E-state index contributed by atoms with van der Waals surface area (Å²) in [6.45, 7) is 6.97. The summed E-state index contributed by atoms with van der Waals surface area (Å²) in [5.41, 5.74) is 5.80. The molecular formula is C25H25N3O2S. The van der Waals surface area contributed by atoms with Crippen molar-refractivity contribution >= 4 is 33.9 Å². The van der Waals surface area contributed by atoms with Crippen LogP contribution in [0.15, 0.2) is 70.1 Å². The third-order valence-corrected chi connectivity index (χ3v) is 5.77. The number of benzene rings is 2. The van der Waals surface area contributed by atoms with Gasteiger partial charge in [-0.05, 0) is 92.0 Å². The first-order valence-electron chi connectivity index (χ1n) is 10.2. The number of aryl methyl sites for hydroxylation is 3. The van der Waals surface area contributed by atoms with E-state index in [-0.39, 0.29) is 5.56 Å². The van der Waals surface area contributed by atoms with Crippen molar-refractivity contribution in [2.24, 2.45) is 0 Å². The standard InChI is InChI=1S/C25H25N3O2S/c1-16-6-8-21(9-7-16)26-25(31)28(15-22-5-4-10-30-22)14-20-13-19-11-17(2)18(3)12-23(19)27-24(20)29/h4-13H,14-15H2,1-3H3,(H,26,31)(H,27,29). The Bertz CT molecular complexity index is 1270. The van der Waals surface area contributed by atoms with E-state index in [2.05, 4.69) is 23.3 Å². The summed E-state index contributed by atoms with van der Waals surface area (Å²) in [5.74, 6) is 0.775. The molecule has 0 amide bonds. The van der Waals surface area contributed by atoms with Crippen molar-refractivity contribution in [3.05, 3.63) is 99.2 Å². The van der Waals surface area contributed by atoms with Crippen LogP contribution in [0.3, 0.4) is 0 Å². The van der Waals surface area contributed by atoms with Gasteiger partial charge in [-0.2, -0.15) is 0 Å². The second-order valence-corrected chi connectivity index (χ2v) is 8.27. The molecule has 0 fully saturated rings. The Hall–Kier alpha value is -3.38. The van der Waals surface area contributed by atoms with Gasteiger partial charge in [0.2, 0.25) is 0 Å². The SMILES string of the molecule is Cc1ccc(NC(=S)N(Cc2ccco2)Cc2cc3cc(C)c(C)cc3[nH]c2=O)cc1. The Balaban J connectivity index is 1.64. The van der Waals surface area contributed by atoms with Gasteiger partial charge in [-0.15, -0.1) is 0 Å². The van der Waals surface area contributed by atoms with E-state index >= 15 is 0 Å². The fraction of sp³-hybridized carbons (Fsp3) is 0.200. The predicted octanol–water partition coefficient (Wildman–Crippen LogP) is 5.45. The lowest BCUT2D eigenvalue weighted by Crippen LogP contribution is -2.35. The molecule has 31 heavy (non-hydrogen) atoms. The van der Waals surface area contributed by atoms with E-state index < -0.39 is 0 Å². The quantitative estimate of drug-likeness (QED) is 0.412. The fourth-order valence-electron chi connectivity index (χ4n) is 3.47. The number of aromatic amines is 1. The zero-order chi connectivity index (χ0) is 22.0. The van der Waals surface area contributed by atoms with Crippen LogP contribution in [0.2, 0.25) is 0 Å². The van der Waals surface area contributed by atoms with Gasteiger partial charge in [0.15, 0.2) is 5.11 Å². The summed E-state index contributed by atoms with van der Waals surface area (Å²) in [6.07, 6.45) is 1.64. The molecule has 0 unspecified atom stereocenters. The van der Waals surface area contributed by atoms with Crippen molar-refractivity contribution in [1.82, 2.24) is 9.88 Å². The Morgan fingerprint density at radius 3 is 2.48 bits per heavy atom. The zero-order valence-corrected chi connectivity index (χ0v) is 18.7. The van der Waals surface area contributed by atoms with Crippen LogP contribution >= 0.6 is 12.2 Å². The lowest BCUT2D eigenvalue weighted by atomic mass is 10.0. The maximum absolute atomic E-state index is 12.8. The maximum Gasteiger partial charge on any atom is 0.253 e. The zero-order valence-electron chi connectivity index (χ0n) is 17.9. The van der Waals surface area contributed by atoms with Gasteiger partial charge in [0.25, 0.3) is 5.56 Å². The molecule has 0 radical (unpaired) electrons. The molecule has 0 atom stereocenters. The van der Waals surface area contributed by atoms with Crippen LogP contribution in [0, 0.1) is 20.8 Å². The minimum absolute atomic E-state index is 0.113. The number of pyridine rings is 1. The van der Waals surface area contributed by atoms with Gasteiger partial charge in [-0.25, -0.2) is 0 Å². The van der Waals surface area contributed by atoms with Crippen molar-refractivity contribution < 1.29 is 4.42 Å². The summed E-state index contributed by atoms with van der Waals surface area (Å²) in [7, 11) is 0. The van der Waals surface area contributed by atoms with Gasteiger partial charge >= 0.3 is 0 Å². The van der Waals surface area contributed by atoms with E-state index in [0.29, 0.717) is 23.8 Å². The topological polar surface area (TPSA) is 61.3 Å². The number of hydrogen-bond acceptors (Lipinski definition) is 3. The third-order valence-electron chi connectivity index (χ3n) is 5.41. The molecule has 0 aliphatic rings. The number of anilines is 1. The number of thiocarbonyl (C=S) groups is 1. The molecule has 0 bridgehead atoms. The number of nitrogens with one attached hydrogen (secondary N) is 2. The summed E-state index contributed by atoms with van der Waals surface area (Å²) >= 11 is 5.70. The maximum atomic E-state index is 12.8. The van der Waals surface area contributed by atoms with Gasteiger partial charge < -0.3 is 19.6 Å². The number of H-pyrrole nitrogens is 1. The van der Waals surface area contributed by atoms with Gasteiger partial charge in [0.1, 0.15) is 5.76 Å². The van der Waals surface area contributed by atoms with E-state index in [9.17, 15) is 4.79 Å². The molecule has 158 valence electrons. The van der Waals surface area contributed by atoms with Crippen LogP contribution in [0.4, 0.5) is 5.69 Å². The van der Waals surface area contributed by atoms with E-state index in [0.717, 1.165) is 27.9 Å². The number of furan rings is 1. The van der Waals surface area contributed by atoms with Gasteiger partial charge in [0.05, 0.1) is 19.4 Å². The summed E-state index contributed by atoms with van der Waals surface area (Å²) < 4.78 is 5.53. The lowest BCUT2D eigenvalue weighted by Gasteiger charge is -2.25. The predicted molar refractivity (Wildman–Crippen MR) is 129 cm³/mol. The molecule has 2 aromatic carbocycles. The smallest absolute Gasteiger partial charge is 0.253 e.